The second kappa shape index (κ2) is 8.72. The fourth-order valence-electron chi connectivity index (χ4n) is 3.15. The molecule has 1 amide bonds. The largest absolute Gasteiger partial charge is 0.445 e. The molecule has 3 aromatic rings. The molecule has 0 saturated carbocycles. The molecular formula is C24H25NO3. The molecule has 0 aromatic heterocycles. The number of aryl methyl sites for hydroxylation is 2. The molecule has 0 fully saturated rings. The van der Waals surface area contributed by atoms with Gasteiger partial charge in [0, 0.05) is 0 Å². The summed E-state index contributed by atoms with van der Waals surface area (Å²) in [4.78, 5) is 12.2. The van der Waals surface area contributed by atoms with E-state index < -0.39 is 11.7 Å². The summed E-state index contributed by atoms with van der Waals surface area (Å²) in [6, 6.07) is 24.8. The first-order valence-electron chi connectivity index (χ1n) is 9.28. The van der Waals surface area contributed by atoms with E-state index >= 15 is 0 Å². The number of rotatable bonds is 6. The van der Waals surface area contributed by atoms with E-state index in [2.05, 4.69) is 5.32 Å². The molecule has 0 heterocycles. The smallest absolute Gasteiger partial charge is 0.407 e. The molecule has 0 unspecified atom stereocenters. The monoisotopic (exact) mass is 375 g/mol. The quantitative estimate of drug-likeness (QED) is 0.668. The second-order valence-electron chi connectivity index (χ2n) is 7.01. The highest BCUT2D eigenvalue weighted by Crippen LogP contribution is 2.30. The molecule has 3 rings (SSSR count). The van der Waals surface area contributed by atoms with E-state index in [1.54, 1.807) is 0 Å². The minimum Gasteiger partial charge on any atom is -0.445 e. The van der Waals surface area contributed by atoms with E-state index in [9.17, 15) is 9.90 Å². The molecule has 0 spiro atoms. The van der Waals surface area contributed by atoms with Crippen LogP contribution in [0.2, 0.25) is 0 Å². The highest BCUT2D eigenvalue weighted by atomic mass is 16.5. The molecule has 4 nitrogen and oxygen atoms in total. The van der Waals surface area contributed by atoms with Crippen LogP contribution >= 0.6 is 0 Å². The summed E-state index contributed by atoms with van der Waals surface area (Å²) in [6.07, 6.45) is -0.567. The number of carbonyl (C=O) groups excluding carboxylic acids is 1. The van der Waals surface area contributed by atoms with Gasteiger partial charge in [-0.2, -0.15) is 0 Å². The van der Waals surface area contributed by atoms with Crippen molar-refractivity contribution in [1.82, 2.24) is 5.32 Å². The molecule has 4 heteroatoms. The number of carbonyl (C=O) groups is 1. The maximum absolute atomic E-state index is 12.2. The van der Waals surface area contributed by atoms with Crippen molar-refractivity contribution in [2.45, 2.75) is 26.1 Å². The maximum Gasteiger partial charge on any atom is 0.407 e. The first-order chi connectivity index (χ1) is 13.5. The minimum absolute atomic E-state index is 0.00747. The van der Waals surface area contributed by atoms with Crippen LogP contribution in [0.1, 0.15) is 27.8 Å². The lowest BCUT2D eigenvalue weighted by Gasteiger charge is -2.30. The van der Waals surface area contributed by atoms with Crippen LogP contribution in [-0.4, -0.2) is 17.7 Å². The van der Waals surface area contributed by atoms with Gasteiger partial charge in [0.2, 0.25) is 0 Å². The predicted molar refractivity (Wildman–Crippen MR) is 110 cm³/mol. The molecule has 0 aliphatic heterocycles. The van der Waals surface area contributed by atoms with Crippen molar-refractivity contribution in [2.75, 3.05) is 6.54 Å². The number of aliphatic hydroxyl groups is 1. The molecule has 2 N–H and O–H groups in total. The van der Waals surface area contributed by atoms with Crippen LogP contribution in [0.3, 0.4) is 0 Å². The van der Waals surface area contributed by atoms with E-state index in [1.807, 2.05) is 92.7 Å². The Bertz CT molecular complexity index is 892. The first kappa shape index (κ1) is 19.6. The van der Waals surface area contributed by atoms with Crippen LogP contribution in [0.4, 0.5) is 4.79 Å². The van der Waals surface area contributed by atoms with Crippen molar-refractivity contribution < 1.29 is 14.6 Å². The van der Waals surface area contributed by atoms with Crippen molar-refractivity contribution in [2.24, 2.45) is 0 Å². The summed E-state index contributed by atoms with van der Waals surface area (Å²) in [5.41, 5.74) is 3.07. The van der Waals surface area contributed by atoms with Crippen LogP contribution in [0.5, 0.6) is 0 Å². The molecule has 0 aliphatic rings. The average molecular weight is 375 g/mol. The van der Waals surface area contributed by atoms with Gasteiger partial charge in [-0.05, 0) is 30.5 Å². The van der Waals surface area contributed by atoms with E-state index in [4.69, 9.17) is 4.74 Å². The third-order valence-corrected chi connectivity index (χ3v) is 4.69. The van der Waals surface area contributed by atoms with Gasteiger partial charge in [0.15, 0.2) is 0 Å². The van der Waals surface area contributed by atoms with Gasteiger partial charge in [-0.15, -0.1) is 0 Å². The Balaban J connectivity index is 1.77. The molecule has 0 atom stereocenters. The summed E-state index contributed by atoms with van der Waals surface area (Å²) < 4.78 is 5.28. The summed E-state index contributed by atoms with van der Waals surface area (Å²) in [7, 11) is 0. The Morgan fingerprint density at radius 1 is 0.893 bits per heavy atom. The number of amides is 1. The Labute approximate surface area is 165 Å². The zero-order chi connectivity index (χ0) is 20.0. The van der Waals surface area contributed by atoms with Crippen molar-refractivity contribution in [3.8, 4) is 0 Å². The Morgan fingerprint density at radius 2 is 1.46 bits per heavy atom. The van der Waals surface area contributed by atoms with Gasteiger partial charge in [-0.25, -0.2) is 4.79 Å². The lowest BCUT2D eigenvalue weighted by Crippen LogP contribution is -2.42. The fraction of sp³-hybridized carbons (Fsp3) is 0.208. The van der Waals surface area contributed by atoms with Crippen molar-refractivity contribution in [3.05, 3.63) is 107 Å². The van der Waals surface area contributed by atoms with Crippen LogP contribution in [0.25, 0.3) is 0 Å². The van der Waals surface area contributed by atoms with Crippen molar-refractivity contribution in [3.63, 3.8) is 0 Å². The SMILES string of the molecule is Cc1cccc(C(O)(CNC(=O)OCc2ccccc2)c2cccc(C)c2)c1. The van der Waals surface area contributed by atoms with Gasteiger partial charge in [0.05, 0.1) is 6.54 Å². The summed E-state index contributed by atoms with van der Waals surface area (Å²) >= 11 is 0. The van der Waals surface area contributed by atoms with Crippen LogP contribution < -0.4 is 5.32 Å². The number of nitrogens with one attached hydrogen (secondary N) is 1. The summed E-state index contributed by atoms with van der Waals surface area (Å²) in [6.45, 7) is 4.14. The first-order valence-corrected chi connectivity index (χ1v) is 9.28. The topological polar surface area (TPSA) is 58.6 Å². The summed E-state index contributed by atoms with van der Waals surface area (Å²) in [5.74, 6) is 0. The maximum atomic E-state index is 12.2. The van der Waals surface area contributed by atoms with E-state index in [1.165, 1.54) is 0 Å². The van der Waals surface area contributed by atoms with Gasteiger partial charge >= 0.3 is 6.09 Å². The Hall–Kier alpha value is -3.11. The van der Waals surface area contributed by atoms with Crippen molar-refractivity contribution >= 4 is 6.09 Å². The summed E-state index contributed by atoms with van der Waals surface area (Å²) in [5, 5.41) is 14.3. The van der Waals surface area contributed by atoms with E-state index in [-0.39, 0.29) is 13.2 Å². The van der Waals surface area contributed by atoms with Crippen molar-refractivity contribution in [1.29, 1.82) is 0 Å². The highest BCUT2D eigenvalue weighted by molar-refractivity contribution is 5.67. The highest BCUT2D eigenvalue weighted by Gasteiger charge is 2.32. The molecular weight excluding hydrogens is 350 g/mol. The number of ether oxygens (including phenoxy) is 1. The molecule has 3 aromatic carbocycles. The lowest BCUT2D eigenvalue weighted by atomic mass is 9.85. The third-order valence-electron chi connectivity index (χ3n) is 4.69. The Kier molecular flexibility index (Phi) is 6.12. The van der Waals surface area contributed by atoms with Gasteiger partial charge in [-0.1, -0.05) is 90.0 Å². The molecule has 0 radical (unpaired) electrons. The van der Waals surface area contributed by atoms with Gasteiger partial charge < -0.3 is 15.2 Å². The van der Waals surface area contributed by atoms with Gasteiger partial charge in [-0.3, -0.25) is 0 Å². The lowest BCUT2D eigenvalue weighted by molar-refractivity contribution is 0.0730. The Morgan fingerprint density at radius 3 is 2.00 bits per heavy atom. The predicted octanol–water partition coefficient (Wildman–Crippen LogP) is 4.47. The second-order valence-corrected chi connectivity index (χ2v) is 7.01. The zero-order valence-corrected chi connectivity index (χ0v) is 16.2. The molecule has 28 heavy (non-hydrogen) atoms. The van der Waals surface area contributed by atoms with Crippen LogP contribution in [0, 0.1) is 13.8 Å². The third kappa shape index (κ3) is 4.78. The number of alkyl carbamates (subject to hydrolysis) is 1. The molecule has 0 bridgehead atoms. The molecule has 0 saturated heterocycles. The average Bonchev–Trinajstić information content (AvgIpc) is 2.71. The minimum atomic E-state index is -1.36. The number of benzene rings is 3. The zero-order valence-electron chi connectivity index (χ0n) is 16.2. The van der Waals surface area contributed by atoms with Crippen LogP contribution in [-0.2, 0) is 16.9 Å². The number of hydrogen-bond acceptors (Lipinski definition) is 3. The normalized spacial score (nSPS) is 11.1. The van der Waals surface area contributed by atoms with Crippen LogP contribution in [0.15, 0.2) is 78.9 Å². The van der Waals surface area contributed by atoms with E-state index in [0.29, 0.717) is 0 Å². The standard InChI is InChI=1S/C24H25NO3/c1-18-8-6-12-21(14-18)24(27,22-13-7-9-19(2)15-22)17-25-23(26)28-16-20-10-4-3-5-11-20/h3-15,27H,16-17H2,1-2H3,(H,25,26). The fourth-order valence-corrected chi connectivity index (χ4v) is 3.15. The number of hydrogen-bond donors (Lipinski definition) is 2. The van der Waals surface area contributed by atoms with Gasteiger partial charge in [0.25, 0.3) is 0 Å². The molecule has 0 aliphatic carbocycles. The van der Waals surface area contributed by atoms with E-state index in [0.717, 1.165) is 27.8 Å². The molecule has 144 valence electrons. The van der Waals surface area contributed by atoms with Gasteiger partial charge in [0.1, 0.15) is 12.2 Å².